The smallest absolute Gasteiger partial charge is 0.0135 e. The first-order valence-electron chi connectivity index (χ1n) is 2.93. The molecule has 0 amide bonds. The van der Waals surface area contributed by atoms with Gasteiger partial charge in [-0.1, -0.05) is 12.2 Å². The van der Waals surface area contributed by atoms with E-state index in [4.69, 9.17) is 5.73 Å². The summed E-state index contributed by atoms with van der Waals surface area (Å²) < 4.78 is 0. The standard InChI is InChI=1S/C6H14N2/c1-2-3-5-8-6-4-7/h2-3,8H,4-7H2,1H3/b3-2+. The summed E-state index contributed by atoms with van der Waals surface area (Å²) in [4.78, 5) is 0. The summed E-state index contributed by atoms with van der Waals surface area (Å²) in [5.74, 6) is 0. The maximum absolute atomic E-state index is 5.22. The van der Waals surface area contributed by atoms with Crippen LogP contribution in [0.15, 0.2) is 12.2 Å². The van der Waals surface area contributed by atoms with Gasteiger partial charge in [0.25, 0.3) is 0 Å². The molecule has 0 aromatic heterocycles. The first-order chi connectivity index (χ1) is 3.91. The second kappa shape index (κ2) is 6.66. The summed E-state index contributed by atoms with van der Waals surface area (Å²) in [7, 11) is 0. The summed E-state index contributed by atoms with van der Waals surface area (Å²) in [5, 5.41) is 3.12. The monoisotopic (exact) mass is 114 g/mol. The van der Waals surface area contributed by atoms with Gasteiger partial charge in [0, 0.05) is 19.6 Å². The van der Waals surface area contributed by atoms with E-state index in [2.05, 4.69) is 11.4 Å². The van der Waals surface area contributed by atoms with Crippen LogP contribution in [-0.2, 0) is 0 Å². The Morgan fingerprint density at radius 1 is 1.62 bits per heavy atom. The van der Waals surface area contributed by atoms with Crippen molar-refractivity contribution >= 4 is 0 Å². The molecule has 3 N–H and O–H groups in total. The highest BCUT2D eigenvalue weighted by Gasteiger charge is 1.74. The van der Waals surface area contributed by atoms with Gasteiger partial charge >= 0.3 is 0 Å². The number of nitrogens with one attached hydrogen (secondary N) is 1. The normalized spacial score (nSPS) is 10.8. The van der Waals surface area contributed by atoms with Crippen LogP contribution in [0.5, 0.6) is 0 Å². The molecule has 0 spiro atoms. The summed E-state index contributed by atoms with van der Waals surface area (Å²) in [5.41, 5.74) is 5.22. The summed E-state index contributed by atoms with van der Waals surface area (Å²) in [6.45, 7) is 4.57. The fourth-order valence-electron chi connectivity index (χ4n) is 0.405. The van der Waals surface area contributed by atoms with Gasteiger partial charge in [-0.25, -0.2) is 0 Å². The van der Waals surface area contributed by atoms with Crippen LogP contribution >= 0.6 is 0 Å². The van der Waals surface area contributed by atoms with E-state index >= 15 is 0 Å². The van der Waals surface area contributed by atoms with Gasteiger partial charge < -0.3 is 11.1 Å². The predicted octanol–water partition coefficient (Wildman–Crippen LogP) is 0.111. The van der Waals surface area contributed by atoms with E-state index in [1.54, 1.807) is 0 Å². The minimum Gasteiger partial charge on any atom is -0.329 e. The van der Waals surface area contributed by atoms with Gasteiger partial charge in [-0.05, 0) is 6.92 Å². The van der Waals surface area contributed by atoms with Crippen molar-refractivity contribution in [2.24, 2.45) is 5.73 Å². The molecule has 0 unspecified atom stereocenters. The molecule has 0 aromatic carbocycles. The number of hydrogen-bond acceptors (Lipinski definition) is 2. The fourth-order valence-corrected chi connectivity index (χ4v) is 0.405. The maximum atomic E-state index is 5.22. The number of allylic oxidation sites excluding steroid dienone is 1. The molecule has 0 aliphatic heterocycles. The lowest BCUT2D eigenvalue weighted by atomic mass is 10.5. The number of nitrogens with two attached hydrogens (primary N) is 1. The highest BCUT2D eigenvalue weighted by molar-refractivity contribution is 4.78. The third-order valence-corrected chi connectivity index (χ3v) is 0.819. The average molecular weight is 114 g/mol. The fraction of sp³-hybridized carbons (Fsp3) is 0.667. The van der Waals surface area contributed by atoms with E-state index in [0.29, 0.717) is 0 Å². The molecule has 0 aliphatic carbocycles. The maximum Gasteiger partial charge on any atom is 0.0135 e. The second-order valence-electron chi connectivity index (χ2n) is 1.56. The van der Waals surface area contributed by atoms with Crippen LogP contribution in [0, 0.1) is 0 Å². The van der Waals surface area contributed by atoms with Crippen molar-refractivity contribution in [3.05, 3.63) is 12.2 Å². The topological polar surface area (TPSA) is 38.0 Å². The molecule has 2 nitrogen and oxygen atoms in total. The lowest BCUT2D eigenvalue weighted by Crippen LogP contribution is -2.22. The van der Waals surface area contributed by atoms with Crippen molar-refractivity contribution < 1.29 is 0 Å². The zero-order valence-corrected chi connectivity index (χ0v) is 5.35. The zero-order valence-electron chi connectivity index (χ0n) is 5.35. The van der Waals surface area contributed by atoms with Crippen LogP contribution in [0.3, 0.4) is 0 Å². The van der Waals surface area contributed by atoms with Gasteiger partial charge in [0.1, 0.15) is 0 Å². The van der Waals surface area contributed by atoms with Gasteiger partial charge in [0.05, 0.1) is 0 Å². The molecule has 0 aliphatic rings. The van der Waals surface area contributed by atoms with Crippen LogP contribution in [-0.4, -0.2) is 19.6 Å². The Morgan fingerprint density at radius 3 is 2.88 bits per heavy atom. The lowest BCUT2D eigenvalue weighted by molar-refractivity contribution is 0.753. The van der Waals surface area contributed by atoms with Gasteiger partial charge in [0.15, 0.2) is 0 Å². The third-order valence-electron chi connectivity index (χ3n) is 0.819. The first-order valence-corrected chi connectivity index (χ1v) is 2.93. The second-order valence-corrected chi connectivity index (χ2v) is 1.56. The van der Waals surface area contributed by atoms with Crippen molar-refractivity contribution in [1.29, 1.82) is 0 Å². The highest BCUT2D eigenvalue weighted by Crippen LogP contribution is 1.64. The minimum atomic E-state index is 0.720. The molecule has 0 radical (unpaired) electrons. The SMILES string of the molecule is C/C=C/CNCCN. The van der Waals surface area contributed by atoms with Gasteiger partial charge in [-0.15, -0.1) is 0 Å². The average Bonchev–Trinajstić information content (AvgIpc) is 1.81. The largest absolute Gasteiger partial charge is 0.329 e. The first kappa shape index (κ1) is 7.66. The molecule has 8 heavy (non-hydrogen) atoms. The number of hydrogen-bond donors (Lipinski definition) is 2. The van der Waals surface area contributed by atoms with Crippen LogP contribution in [0.25, 0.3) is 0 Å². The Kier molecular flexibility index (Phi) is 6.38. The molecule has 0 saturated carbocycles. The van der Waals surface area contributed by atoms with E-state index < -0.39 is 0 Å². The van der Waals surface area contributed by atoms with Crippen LogP contribution in [0.4, 0.5) is 0 Å². The van der Waals surface area contributed by atoms with Crippen molar-refractivity contribution in [2.75, 3.05) is 19.6 Å². The Labute approximate surface area is 50.8 Å². The Balaban J connectivity index is 2.72. The predicted molar refractivity (Wildman–Crippen MR) is 36.7 cm³/mol. The van der Waals surface area contributed by atoms with E-state index in [1.807, 2.05) is 13.0 Å². The summed E-state index contributed by atoms with van der Waals surface area (Å²) in [6, 6.07) is 0. The van der Waals surface area contributed by atoms with E-state index in [0.717, 1.165) is 19.6 Å². The molecule has 0 fully saturated rings. The summed E-state index contributed by atoms with van der Waals surface area (Å²) >= 11 is 0. The van der Waals surface area contributed by atoms with Crippen molar-refractivity contribution in [1.82, 2.24) is 5.32 Å². The van der Waals surface area contributed by atoms with Crippen molar-refractivity contribution in [2.45, 2.75) is 6.92 Å². The molecule has 0 atom stereocenters. The highest BCUT2D eigenvalue weighted by atomic mass is 14.9. The Hall–Kier alpha value is -0.340. The molecule has 0 rings (SSSR count). The van der Waals surface area contributed by atoms with Gasteiger partial charge in [0.2, 0.25) is 0 Å². The molecular weight excluding hydrogens is 100 g/mol. The van der Waals surface area contributed by atoms with E-state index in [-0.39, 0.29) is 0 Å². The van der Waals surface area contributed by atoms with Crippen molar-refractivity contribution in [3.63, 3.8) is 0 Å². The molecule has 0 aromatic rings. The van der Waals surface area contributed by atoms with E-state index in [1.165, 1.54) is 0 Å². The molecule has 0 bridgehead atoms. The van der Waals surface area contributed by atoms with Gasteiger partial charge in [-0.2, -0.15) is 0 Å². The minimum absolute atomic E-state index is 0.720. The van der Waals surface area contributed by atoms with E-state index in [9.17, 15) is 0 Å². The van der Waals surface area contributed by atoms with Crippen LogP contribution in [0.1, 0.15) is 6.92 Å². The molecule has 0 saturated heterocycles. The van der Waals surface area contributed by atoms with Crippen LogP contribution < -0.4 is 11.1 Å². The third kappa shape index (κ3) is 5.66. The molecular formula is C6H14N2. The Bertz CT molecular complexity index is 59.5. The van der Waals surface area contributed by atoms with Crippen LogP contribution in [0.2, 0.25) is 0 Å². The zero-order chi connectivity index (χ0) is 6.24. The van der Waals surface area contributed by atoms with Gasteiger partial charge in [-0.3, -0.25) is 0 Å². The Morgan fingerprint density at radius 2 is 2.38 bits per heavy atom. The summed E-state index contributed by atoms with van der Waals surface area (Å²) in [6.07, 6.45) is 4.08. The lowest BCUT2D eigenvalue weighted by Gasteiger charge is -1.94. The molecule has 0 heterocycles. The molecule has 2 heteroatoms. The quantitative estimate of drug-likeness (QED) is 0.402. The van der Waals surface area contributed by atoms with Crippen molar-refractivity contribution in [3.8, 4) is 0 Å². The molecule has 48 valence electrons. The number of rotatable bonds is 4.